The highest BCUT2D eigenvalue weighted by atomic mass is 32.2. The number of halogens is 1. The van der Waals surface area contributed by atoms with E-state index in [9.17, 15) is 12.8 Å². The average molecular weight is 231 g/mol. The highest BCUT2D eigenvalue weighted by Gasteiger charge is 2.16. The summed E-state index contributed by atoms with van der Waals surface area (Å²) in [7, 11) is -1.61. The number of aryl methyl sites for hydroxylation is 1. The monoisotopic (exact) mass is 231 g/mol. The number of sulfone groups is 1. The van der Waals surface area contributed by atoms with Crippen molar-refractivity contribution in [1.82, 2.24) is 5.32 Å². The van der Waals surface area contributed by atoms with Crippen LogP contribution in [0.2, 0.25) is 0 Å². The van der Waals surface area contributed by atoms with E-state index in [0.29, 0.717) is 12.1 Å². The van der Waals surface area contributed by atoms with Gasteiger partial charge in [0.2, 0.25) is 0 Å². The van der Waals surface area contributed by atoms with E-state index < -0.39 is 15.7 Å². The minimum Gasteiger partial charge on any atom is -0.319 e. The van der Waals surface area contributed by atoms with Crippen LogP contribution >= 0.6 is 0 Å². The first-order valence-corrected chi connectivity index (χ1v) is 6.26. The summed E-state index contributed by atoms with van der Waals surface area (Å²) in [6.45, 7) is 1.98. The van der Waals surface area contributed by atoms with Crippen molar-refractivity contribution in [3.8, 4) is 0 Å². The Hall–Kier alpha value is -0.940. The molecule has 0 unspecified atom stereocenters. The van der Waals surface area contributed by atoms with Crippen LogP contribution < -0.4 is 5.32 Å². The molecule has 0 atom stereocenters. The van der Waals surface area contributed by atoms with Crippen molar-refractivity contribution in [3.05, 3.63) is 29.6 Å². The van der Waals surface area contributed by atoms with Crippen LogP contribution in [0.3, 0.4) is 0 Å². The average Bonchev–Trinajstić information content (AvgIpc) is 2.14. The van der Waals surface area contributed by atoms with Gasteiger partial charge in [-0.3, -0.25) is 0 Å². The molecule has 0 aliphatic carbocycles. The molecule has 0 aromatic heterocycles. The van der Waals surface area contributed by atoms with Gasteiger partial charge in [-0.1, -0.05) is 0 Å². The predicted octanol–water partition coefficient (Wildman–Crippen LogP) is 1.13. The summed E-state index contributed by atoms with van der Waals surface area (Å²) in [5.74, 6) is -0.393. The zero-order valence-corrected chi connectivity index (χ0v) is 9.57. The van der Waals surface area contributed by atoms with Crippen LogP contribution in [-0.4, -0.2) is 27.8 Å². The summed E-state index contributed by atoms with van der Waals surface area (Å²) >= 11 is 0. The van der Waals surface area contributed by atoms with Crippen LogP contribution in [0.15, 0.2) is 23.1 Å². The van der Waals surface area contributed by atoms with Crippen LogP contribution in [0.1, 0.15) is 5.56 Å². The van der Waals surface area contributed by atoms with Gasteiger partial charge in [0.05, 0.1) is 10.6 Å². The molecule has 0 fully saturated rings. The van der Waals surface area contributed by atoms with Gasteiger partial charge in [0.25, 0.3) is 0 Å². The molecule has 0 amide bonds. The summed E-state index contributed by atoms with van der Waals surface area (Å²) in [6, 6.07) is 3.71. The van der Waals surface area contributed by atoms with Gasteiger partial charge in [0.1, 0.15) is 5.82 Å². The Morgan fingerprint density at radius 1 is 1.40 bits per heavy atom. The lowest BCUT2D eigenvalue weighted by Crippen LogP contribution is -2.20. The molecular formula is C10H14FNO2S. The first-order chi connectivity index (χ1) is 6.97. The van der Waals surface area contributed by atoms with Crippen molar-refractivity contribution in [3.63, 3.8) is 0 Å². The molecule has 0 heterocycles. The molecule has 0 spiro atoms. The second kappa shape index (κ2) is 4.72. The zero-order chi connectivity index (χ0) is 11.5. The lowest BCUT2D eigenvalue weighted by atomic mass is 10.2. The summed E-state index contributed by atoms with van der Waals surface area (Å²) in [4.78, 5) is 0.208. The molecule has 1 aromatic rings. The molecule has 1 rings (SSSR count). The molecule has 5 heteroatoms. The van der Waals surface area contributed by atoms with Gasteiger partial charge < -0.3 is 5.32 Å². The molecule has 0 aliphatic rings. The third kappa shape index (κ3) is 3.00. The number of hydrogen-bond donors (Lipinski definition) is 1. The van der Waals surface area contributed by atoms with Gasteiger partial charge in [-0.25, -0.2) is 12.8 Å². The first kappa shape index (κ1) is 12.1. The standard InChI is InChI=1S/C10H14FNO2S/c1-8-7-9(11)3-4-10(8)15(13,14)6-5-12-2/h3-4,7,12H,5-6H2,1-2H3. The molecule has 1 N–H and O–H groups in total. The second-order valence-electron chi connectivity index (χ2n) is 3.33. The van der Waals surface area contributed by atoms with Gasteiger partial charge in [-0.05, 0) is 37.7 Å². The van der Waals surface area contributed by atoms with E-state index >= 15 is 0 Å². The van der Waals surface area contributed by atoms with Crippen LogP contribution in [-0.2, 0) is 9.84 Å². The van der Waals surface area contributed by atoms with Crippen molar-refractivity contribution in [2.24, 2.45) is 0 Å². The van der Waals surface area contributed by atoms with Gasteiger partial charge in [0, 0.05) is 6.54 Å². The molecule has 0 saturated carbocycles. The number of rotatable bonds is 4. The van der Waals surface area contributed by atoms with E-state index in [1.165, 1.54) is 18.2 Å². The van der Waals surface area contributed by atoms with Crippen molar-refractivity contribution >= 4 is 9.84 Å². The molecule has 0 saturated heterocycles. The van der Waals surface area contributed by atoms with E-state index in [-0.39, 0.29) is 10.6 Å². The fraction of sp³-hybridized carbons (Fsp3) is 0.400. The van der Waals surface area contributed by atoms with E-state index in [1.807, 2.05) is 0 Å². The van der Waals surface area contributed by atoms with Crippen LogP contribution in [0.25, 0.3) is 0 Å². The lowest BCUT2D eigenvalue weighted by Gasteiger charge is -2.07. The van der Waals surface area contributed by atoms with Gasteiger partial charge in [0.15, 0.2) is 9.84 Å². The normalized spacial score (nSPS) is 11.7. The van der Waals surface area contributed by atoms with Crippen LogP contribution in [0.5, 0.6) is 0 Å². The summed E-state index contributed by atoms with van der Waals surface area (Å²) < 4.78 is 36.3. The summed E-state index contributed by atoms with van der Waals surface area (Å²) in [5, 5.41) is 2.77. The van der Waals surface area contributed by atoms with E-state index in [0.717, 1.165) is 0 Å². The fourth-order valence-corrected chi connectivity index (χ4v) is 2.83. The van der Waals surface area contributed by atoms with E-state index in [4.69, 9.17) is 0 Å². The Morgan fingerprint density at radius 2 is 2.07 bits per heavy atom. The third-order valence-corrected chi connectivity index (χ3v) is 3.96. The minimum atomic E-state index is -3.30. The summed E-state index contributed by atoms with van der Waals surface area (Å²) in [6.07, 6.45) is 0. The Bertz CT molecular complexity index is 443. The van der Waals surface area contributed by atoms with Crippen molar-refractivity contribution < 1.29 is 12.8 Å². The van der Waals surface area contributed by atoms with Crippen molar-refractivity contribution in [2.45, 2.75) is 11.8 Å². The van der Waals surface area contributed by atoms with E-state index in [1.54, 1.807) is 14.0 Å². The maximum atomic E-state index is 12.8. The number of benzene rings is 1. The van der Waals surface area contributed by atoms with Gasteiger partial charge in [-0.2, -0.15) is 0 Å². The largest absolute Gasteiger partial charge is 0.319 e. The quantitative estimate of drug-likeness (QED) is 0.790. The minimum absolute atomic E-state index is 0.0238. The Kier molecular flexibility index (Phi) is 3.82. The second-order valence-corrected chi connectivity index (χ2v) is 5.41. The predicted molar refractivity (Wildman–Crippen MR) is 57.1 cm³/mol. The summed E-state index contributed by atoms with van der Waals surface area (Å²) in [5.41, 5.74) is 0.450. The Morgan fingerprint density at radius 3 is 2.60 bits per heavy atom. The number of nitrogens with one attached hydrogen (secondary N) is 1. The molecule has 15 heavy (non-hydrogen) atoms. The number of hydrogen-bond acceptors (Lipinski definition) is 3. The molecule has 0 aliphatic heterocycles. The van der Waals surface area contributed by atoms with Crippen LogP contribution in [0.4, 0.5) is 4.39 Å². The van der Waals surface area contributed by atoms with Crippen molar-refractivity contribution in [2.75, 3.05) is 19.3 Å². The fourth-order valence-electron chi connectivity index (χ4n) is 1.31. The van der Waals surface area contributed by atoms with Crippen LogP contribution in [0, 0.1) is 12.7 Å². The van der Waals surface area contributed by atoms with Crippen molar-refractivity contribution in [1.29, 1.82) is 0 Å². The Labute approximate surface area is 89.2 Å². The highest BCUT2D eigenvalue weighted by Crippen LogP contribution is 2.17. The zero-order valence-electron chi connectivity index (χ0n) is 8.75. The molecule has 0 bridgehead atoms. The smallest absolute Gasteiger partial charge is 0.179 e. The first-order valence-electron chi connectivity index (χ1n) is 4.61. The SMILES string of the molecule is CNCCS(=O)(=O)c1ccc(F)cc1C. The molecular weight excluding hydrogens is 217 g/mol. The third-order valence-electron chi connectivity index (χ3n) is 2.09. The lowest BCUT2D eigenvalue weighted by molar-refractivity contribution is 0.591. The molecule has 1 aromatic carbocycles. The maximum Gasteiger partial charge on any atom is 0.179 e. The highest BCUT2D eigenvalue weighted by molar-refractivity contribution is 7.91. The molecule has 0 radical (unpaired) electrons. The van der Waals surface area contributed by atoms with Gasteiger partial charge >= 0.3 is 0 Å². The van der Waals surface area contributed by atoms with E-state index in [2.05, 4.69) is 5.32 Å². The molecule has 3 nitrogen and oxygen atoms in total. The topological polar surface area (TPSA) is 46.2 Å². The van der Waals surface area contributed by atoms with Gasteiger partial charge in [-0.15, -0.1) is 0 Å². The Balaban J connectivity index is 3.05. The molecule has 84 valence electrons. The maximum absolute atomic E-state index is 12.8.